The molecule has 0 bridgehead atoms. The third kappa shape index (κ3) is 1.07. The predicted molar refractivity (Wildman–Crippen MR) is 43.3 cm³/mol. The summed E-state index contributed by atoms with van der Waals surface area (Å²) in [5.41, 5.74) is 0.786. The summed E-state index contributed by atoms with van der Waals surface area (Å²) in [6.45, 7) is 6.33. The van der Waals surface area contributed by atoms with Gasteiger partial charge in [0.15, 0.2) is 0 Å². The van der Waals surface area contributed by atoms with Gasteiger partial charge in [0.2, 0.25) is 0 Å². The second-order valence-electron chi connectivity index (χ2n) is 4.31. The fourth-order valence-corrected chi connectivity index (χ4v) is 2.48. The lowest BCUT2D eigenvalue weighted by molar-refractivity contribution is 0.0110. The molecule has 0 amide bonds. The first-order valence-corrected chi connectivity index (χ1v) is 4.21. The van der Waals surface area contributed by atoms with Gasteiger partial charge in [-0.15, -0.1) is 0 Å². The van der Waals surface area contributed by atoms with Crippen molar-refractivity contribution in [2.24, 2.45) is 0 Å². The standard InChI is InChI=1S/C9H13F2N/c1-7-3-8(2)5-9(10,11)6-12(8)4-7/h1,3-6H2,2H3/t8-/m0/s1. The quantitative estimate of drug-likeness (QED) is 0.507. The number of rotatable bonds is 0. The molecule has 2 saturated heterocycles. The summed E-state index contributed by atoms with van der Waals surface area (Å²) in [5.74, 6) is -2.48. The molecule has 0 aromatic heterocycles. The highest BCUT2D eigenvalue weighted by molar-refractivity contribution is 5.18. The number of nitrogens with zero attached hydrogens (tertiary/aromatic N) is 1. The predicted octanol–water partition coefficient (Wildman–Crippen LogP) is 2.05. The minimum absolute atomic E-state index is 0.000972. The van der Waals surface area contributed by atoms with E-state index in [9.17, 15) is 8.78 Å². The van der Waals surface area contributed by atoms with Gasteiger partial charge in [0.25, 0.3) is 5.92 Å². The van der Waals surface area contributed by atoms with Crippen LogP contribution in [0.15, 0.2) is 12.2 Å². The molecular weight excluding hydrogens is 160 g/mol. The van der Waals surface area contributed by atoms with E-state index in [1.165, 1.54) is 0 Å². The minimum atomic E-state index is -2.48. The summed E-state index contributed by atoms with van der Waals surface area (Å²) in [6, 6.07) is 0. The van der Waals surface area contributed by atoms with Crippen molar-refractivity contribution in [3.05, 3.63) is 12.2 Å². The van der Waals surface area contributed by atoms with Gasteiger partial charge < -0.3 is 0 Å². The number of alkyl halides is 2. The summed E-state index contributed by atoms with van der Waals surface area (Å²) in [6.07, 6.45) is 0.738. The molecule has 0 spiro atoms. The van der Waals surface area contributed by atoms with Gasteiger partial charge in [0.1, 0.15) is 0 Å². The molecule has 1 nitrogen and oxygen atoms in total. The van der Waals surface area contributed by atoms with Gasteiger partial charge in [-0.05, 0) is 13.3 Å². The molecule has 2 heterocycles. The molecule has 3 heteroatoms. The normalized spacial score (nSPS) is 40.4. The van der Waals surface area contributed by atoms with Crippen LogP contribution in [0.2, 0.25) is 0 Å². The van der Waals surface area contributed by atoms with E-state index in [-0.39, 0.29) is 18.5 Å². The lowest BCUT2D eigenvalue weighted by Gasteiger charge is -2.24. The Morgan fingerprint density at radius 2 is 2.17 bits per heavy atom. The van der Waals surface area contributed by atoms with Crippen LogP contribution in [0.1, 0.15) is 19.8 Å². The molecule has 2 fully saturated rings. The number of hydrogen-bond acceptors (Lipinski definition) is 1. The average Bonchev–Trinajstić information content (AvgIpc) is 2.11. The van der Waals surface area contributed by atoms with Crippen LogP contribution in [-0.4, -0.2) is 29.5 Å². The van der Waals surface area contributed by atoms with E-state index in [0.717, 1.165) is 12.0 Å². The van der Waals surface area contributed by atoms with Crippen molar-refractivity contribution in [1.82, 2.24) is 4.90 Å². The molecule has 0 aromatic rings. The Bertz CT molecular complexity index is 237. The highest BCUT2D eigenvalue weighted by Crippen LogP contribution is 2.46. The second-order valence-corrected chi connectivity index (χ2v) is 4.31. The zero-order valence-electron chi connectivity index (χ0n) is 7.24. The smallest absolute Gasteiger partial charge is 0.262 e. The Kier molecular flexibility index (Phi) is 1.41. The van der Waals surface area contributed by atoms with Crippen molar-refractivity contribution in [3.8, 4) is 0 Å². The third-order valence-corrected chi connectivity index (χ3v) is 2.87. The molecule has 68 valence electrons. The summed E-state index contributed by atoms with van der Waals surface area (Å²) >= 11 is 0. The van der Waals surface area contributed by atoms with Gasteiger partial charge in [0, 0.05) is 18.5 Å². The molecule has 1 atom stereocenters. The van der Waals surface area contributed by atoms with E-state index in [0.29, 0.717) is 6.54 Å². The summed E-state index contributed by atoms with van der Waals surface area (Å²) in [5, 5.41) is 0. The number of halogens is 2. The third-order valence-electron chi connectivity index (χ3n) is 2.87. The van der Waals surface area contributed by atoms with Crippen molar-refractivity contribution in [2.75, 3.05) is 13.1 Å². The maximum absolute atomic E-state index is 13.0. The monoisotopic (exact) mass is 173 g/mol. The first kappa shape index (κ1) is 8.17. The van der Waals surface area contributed by atoms with Crippen molar-refractivity contribution >= 4 is 0 Å². The number of hydrogen-bond donors (Lipinski definition) is 0. The molecular formula is C9H13F2N. The summed E-state index contributed by atoms with van der Waals surface area (Å²) in [4.78, 5) is 1.86. The van der Waals surface area contributed by atoms with Crippen LogP contribution in [-0.2, 0) is 0 Å². The first-order chi connectivity index (χ1) is 5.41. The Balaban J connectivity index is 2.22. The summed E-state index contributed by atoms with van der Waals surface area (Å²) in [7, 11) is 0. The molecule has 0 saturated carbocycles. The molecule has 2 rings (SSSR count). The molecule has 0 N–H and O–H groups in total. The average molecular weight is 173 g/mol. The fourth-order valence-electron chi connectivity index (χ4n) is 2.48. The highest BCUT2D eigenvalue weighted by Gasteiger charge is 2.54. The van der Waals surface area contributed by atoms with E-state index in [2.05, 4.69) is 6.58 Å². The van der Waals surface area contributed by atoms with Crippen LogP contribution >= 0.6 is 0 Å². The molecule has 0 aliphatic carbocycles. The van der Waals surface area contributed by atoms with E-state index >= 15 is 0 Å². The van der Waals surface area contributed by atoms with E-state index < -0.39 is 5.92 Å². The zero-order valence-corrected chi connectivity index (χ0v) is 7.24. The summed E-state index contributed by atoms with van der Waals surface area (Å²) < 4.78 is 25.9. The first-order valence-electron chi connectivity index (χ1n) is 4.21. The molecule has 12 heavy (non-hydrogen) atoms. The topological polar surface area (TPSA) is 3.24 Å². The Morgan fingerprint density at radius 3 is 2.75 bits per heavy atom. The Hall–Kier alpha value is -0.440. The van der Waals surface area contributed by atoms with Gasteiger partial charge >= 0.3 is 0 Å². The SMILES string of the molecule is C=C1CN2CC(F)(F)C[C@]2(C)C1. The largest absolute Gasteiger partial charge is 0.288 e. The van der Waals surface area contributed by atoms with Crippen molar-refractivity contribution in [2.45, 2.75) is 31.2 Å². The Morgan fingerprint density at radius 1 is 1.50 bits per heavy atom. The van der Waals surface area contributed by atoms with Crippen LogP contribution < -0.4 is 0 Å². The molecule has 2 aliphatic rings. The van der Waals surface area contributed by atoms with Crippen LogP contribution in [0, 0.1) is 0 Å². The molecule has 0 radical (unpaired) electrons. The lowest BCUT2D eigenvalue weighted by atomic mass is 9.94. The lowest BCUT2D eigenvalue weighted by Crippen LogP contribution is -2.34. The van der Waals surface area contributed by atoms with Gasteiger partial charge in [-0.3, -0.25) is 4.90 Å². The van der Waals surface area contributed by atoms with Gasteiger partial charge in [0.05, 0.1) is 6.54 Å². The van der Waals surface area contributed by atoms with Crippen molar-refractivity contribution in [1.29, 1.82) is 0 Å². The van der Waals surface area contributed by atoms with Gasteiger partial charge in [-0.1, -0.05) is 12.2 Å². The zero-order chi connectivity index (χ0) is 8.98. The maximum atomic E-state index is 13.0. The van der Waals surface area contributed by atoms with E-state index in [1.807, 2.05) is 11.8 Å². The van der Waals surface area contributed by atoms with Crippen LogP contribution in [0.4, 0.5) is 8.78 Å². The van der Waals surface area contributed by atoms with Crippen LogP contribution in [0.5, 0.6) is 0 Å². The molecule has 0 aromatic carbocycles. The van der Waals surface area contributed by atoms with Gasteiger partial charge in [-0.2, -0.15) is 0 Å². The maximum Gasteiger partial charge on any atom is 0.262 e. The highest BCUT2D eigenvalue weighted by atomic mass is 19.3. The Labute approximate surface area is 71.0 Å². The van der Waals surface area contributed by atoms with Gasteiger partial charge in [-0.25, -0.2) is 8.78 Å². The molecule has 2 aliphatic heterocycles. The second kappa shape index (κ2) is 2.08. The minimum Gasteiger partial charge on any atom is -0.288 e. The fraction of sp³-hybridized carbons (Fsp3) is 0.778. The van der Waals surface area contributed by atoms with Crippen molar-refractivity contribution in [3.63, 3.8) is 0 Å². The molecule has 0 unspecified atom stereocenters. The van der Waals surface area contributed by atoms with Crippen LogP contribution in [0.3, 0.4) is 0 Å². The van der Waals surface area contributed by atoms with E-state index in [1.54, 1.807) is 0 Å². The van der Waals surface area contributed by atoms with Crippen molar-refractivity contribution < 1.29 is 8.78 Å². The van der Waals surface area contributed by atoms with E-state index in [4.69, 9.17) is 0 Å². The number of fused-ring (bicyclic) bond motifs is 1. The van der Waals surface area contributed by atoms with Crippen LogP contribution in [0.25, 0.3) is 0 Å².